The molecule has 3 heteroatoms. The van der Waals surface area contributed by atoms with Gasteiger partial charge in [0.05, 0.1) is 6.54 Å². The van der Waals surface area contributed by atoms with E-state index in [1.807, 2.05) is 30.3 Å². The predicted octanol–water partition coefficient (Wildman–Crippen LogP) is 3.94. The molecular weight excluding hydrogens is 313 g/mol. The van der Waals surface area contributed by atoms with Crippen LogP contribution in [0.4, 0.5) is 4.39 Å². The first-order valence-corrected chi connectivity index (χ1v) is 8.95. The van der Waals surface area contributed by atoms with E-state index < -0.39 is 5.60 Å². The fourth-order valence-corrected chi connectivity index (χ4v) is 3.28. The Morgan fingerprint density at radius 1 is 0.920 bits per heavy atom. The minimum atomic E-state index is -1.50. The Bertz CT molecular complexity index is 741. The van der Waals surface area contributed by atoms with Crippen molar-refractivity contribution in [2.45, 2.75) is 31.3 Å². The second-order valence-corrected chi connectivity index (χ2v) is 6.58. The van der Waals surface area contributed by atoms with E-state index in [9.17, 15) is 9.50 Å². The summed E-state index contributed by atoms with van der Waals surface area (Å²) in [5.74, 6) is 5.79. The van der Waals surface area contributed by atoms with Gasteiger partial charge in [-0.3, -0.25) is 4.90 Å². The molecule has 1 fully saturated rings. The van der Waals surface area contributed by atoms with E-state index in [2.05, 4.69) is 16.7 Å². The number of nitrogens with zero attached hydrogens (tertiary/aromatic N) is 1. The second kappa shape index (κ2) is 8.29. The van der Waals surface area contributed by atoms with Gasteiger partial charge in [0.2, 0.25) is 0 Å². The number of halogens is 1. The Morgan fingerprint density at radius 3 is 2.28 bits per heavy atom. The highest BCUT2D eigenvalue weighted by atomic mass is 19.1. The number of aliphatic hydroxyl groups is 1. The Balaban J connectivity index is 1.89. The first kappa shape index (κ1) is 17.7. The van der Waals surface area contributed by atoms with Crippen molar-refractivity contribution < 1.29 is 9.50 Å². The predicted molar refractivity (Wildman–Crippen MR) is 98.5 cm³/mol. The van der Waals surface area contributed by atoms with Gasteiger partial charge >= 0.3 is 0 Å². The van der Waals surface area contributed by atoms with E-state index in [1.54, 1.807) is 12.1 Å². The standard InChI is InChI=1S/C22H24FNO/c23-21-13-8-12-20(18-21)22(25,19-10-4-3-5-11-19)14-9-17-24-15-6-1-2-7-16-24/h3-5,8,10-13,18,25H,1-2,6-7,15-17H2/t22-/m0/s1. The second-order valence-electron chi connectivity index (χ2n) is 6.58. The topological polar surface area (TPSA) is 23.5 Å². The third-order valence-corrected chi connectivity index (χ3v) is 4.70. The lowest BCUT2D eigenvalue weighted by atomic mass is 9.87. The molecule has 1 aliphatic heterocycles. The Morgan fingerprint density at radius 2 is 1.60 bits per heavy atom. The molecule has 1 heterocycles. The zero-order valence-electron chi connectivity index (χ0n) is 14.4. The van der Waals surface area contributed by atoms with Crippen molar-refractivity contribution in [1.29, 1.82) is 0 Å². The highest BCUT2D eigenvalue weighted by molar-refractivity contribution is 5.44. The SMILES string of the molecule is O[C@@](C#CCN1CCCCCC1)(c1ccccc1)c1cccc(F)c1. The molecule has 25 heavy (non-hydrogen) atoms. The van der Waals surface area contributed by atoms with Gasteiger partial charge in [-0.05, 0) is 38.1 Å². The van der Waals surface area contributed by atoms with Crippen molar-refractivity contribution >= 4 is 0 Å². The summed E-state index contributed by atoms with van der Waals surface area (Å²) in [6, 6.07) is 15.3. The minimum absolute atomic E-state index is 0.374. The van der Waals surface area contributed by atoms with Crippen molar-refractivity contribution in [3.05, 3.63) is 71.5 Å². The first-order valence-electron chi connectivity index (χ1n) is 8.95. The van der Waals surface area contributed by atoms with Crippen LogP contribution in [0.25, 0.3) is 0 Å². The van der Waals surface area contributed by atoms with E-state index >= 15 is 0 Å². The fourth-order valence-electron chi connectivity index (χ4n) is 3.28. The van der Waals surface area contributed by atoms with Crippen molar-refractivity contribution in [2.24, 2.45) is 0 Å². The van der Waals surface area contributed by atoms with Crippen LogP contribution in [0.5, 0.6) is 0 Å². The van der Waals surface area contributed by atoms with E-state index in [-0.39, 0.29) is 5.82 Å². The Labute approximate surface area is 149 Å². The molecule has 0 amide bonds. The fraction of sp³-hybridized carbons (Fsp3) is 0.364. The Kier molecular flexibility index (Phi) is 5.86. The van der Waals surface area contributed by atoms with Crippen LogP contribution >= 0.6 is 0 Å². The number of rotatable bonds is 3. The van der Waals surface area contributed by atoms with Gasteiger partial charge in [-0.25, -0.2) is 4.39 Å². The summed E-state index contributed by atoms with van der Waals surface area (Å²) in [5, 5.41) is 11.3. The summed E-state index contributed by atoms with van der Waals surface area (Å²) in [4.78, 5) is 2.33. The van der Waals surface area contributed by atoms with Crippen LogP contribution in [0.3, 0.4) is 0 Å². The number of hydrogen-bond acceptors (Lipinski definition) is 2. The highest BCUT2D eigenvalue weighted by Crippen LogP contribution is 2.29. The van der Waals surface area contributed by atoms with E-state index in [0.717, 1.165) is 13.1 Å². The van der Waals surface area contributed by atoms with Crippen molar-refractivity contribution in [1.82, 2.24) is 4.90 Å². The van der Waals surface area contributed by atoms with Crippen LogP contribution in [0.15, 0.2) is 54.6 Å². The van der Waals surface area contributed by atoms with Gasteiger partial charge in [-0.15, -0.1) is 0 Å². The van der Waals surface area contributed by atoms with Crippen molar-refractivity contribution in [3.63, 3.8) is 0 Å². The molecule has 1 atom stereocenters. The van der Waals surface area contributed by atoms with Gasteiger partial charge < -0.3 is 5.11 Å². The third-order valence-electron chi connectivity index (χ3n) is 4.70. The first-order chi connectivity index (χ1) is 12.2. The molecule has 0 radical (unpaired) electrons. The lowest BCUT2D eigenvalue weighted by molar-refractivity contribution is 0.144. The minimum Gasteiger partial charge on any atom is -0.369 e. The van der Waals surface area contributed by atoms with Gasteiger partial charge in [0.1, 0.15) is 5.82 Å². The van der Waals surface area contributed by atoms with E-state index in [1.165, 1.54) is 37.8 Å². The Hall–Kier alpha value is -2.15. The third kappa shape index (κ3) is 4.48. The van der Waals surface area contributed by atoms with Crippen LogP contribution < -0.4 is 0 Å². The molecule has 0 bridgehead atoms. The zero-order valence-corrected chi connectivity index (χ0v) is 14.4. The monoisotopic (exact) mass is 337 g/mol. The molecule has 0 unspecified atom stereocenters. The van der Waals surface area contributed by atoms with Crippen LogP contribution in [0.1, 0.15) is 36.8 Å². The van der Waals surface area contributed by atoms with E-state index in [0.29, 0.717) is 17.7 Å². The zero-order chi connectivity index (χ0) is 17.5. The number of likely N-dealkylation sites (tertiary alicyclic amines) is 1. The smallest absolute Gasteiger partial charge is 0.177 e. The maximum Gasteiger partial charge on any atom is 0.177 e. The van der Waals surface area contributed by atoms with Crippen LogP contribution in [-0.2, 0) is 5.60 Å². The van der Waals surface area contributed by atoms with Crippen LogP contribution in [0, 0.1) is 17.7 Å². The molecule has 0 saturated carbocycles. The molecule has 1 aliphatic rings. The molecule has 2 aromatic carbocycles. The summed E-state index contributed by atoms with van der Waals surface area (Å²) in [5.41, 5.74) is -0.388. The lowest BCUT2D eigenvalue weighted by Gasteiger charge is -2.24. The lowest BCUT2D eigenvalue weighted by Crippen LogP contribution is -2.28. The molecule has 2 nitrogen and oxygen atoms in total. The molecule has 1 saturated heterocycles. The number of benzene rings is 2. The van der Waals surface area contributed by atoms with Gasteiger partial charge in [-0.2, -0.15) is 0 Å². The number of hydrogen-bond donors (Lipinski definition) is 1. The maximum atomic E-state index is 13.7. The van der Waals surface area contributed by atoms with E-state index in [4.69, 9.17) is 0 Å². The maximum absolute atomic E-state index is 13.7. The summed E-state index contributed by atoms with van der Waals surface area (Å²) < 4.78 is 13.7. The van der Waals surface area contributed by atoms with Crippen molar-refractivity contribution in [2.75, 3.05) is 19.6 Å². The van der Waals surface area contributed by atoms with Gasteiger partial charge in [0.25, 0.3) is 0 Å². The van der Waals surface area contributed by atoms with Gasteiger partial charge in [0, 0.05) is 11.1 Å². The normalized spacial score (nSPS) is 17.8. The molecule has 130 valence electrons. The quantitative estimate of drug-likeness (QED) is 0.858. The largest absolute Gasteiger partial charge is 0.369 e. The summed E-state index contributed by atoms with van der Waals surface area (Å²) in [6.07, 6.45) is 4.96. The summed E-state index contributed by atoms with van der Waals surface area (Å²) in [6.45, 7) is 2.74. The molecule has 3 rings (SSSR count). The average Bonchev–Trinajstić information content (AvgIpc) is 2.91. The van der Waals surface area contributed by atoms with Crippen LogP contribution in [0.2, 0.25) is 0 Å². The molecule has 0 spiro atoms. The summed E-state index contributed by atoms with van der Waals surface area (Å²) in [7, 11) is 0. The molecular formula is C22H24FNO. The van der Waals surface area contributed by atoms with Crippen LogP contribution in [-0.4, -0.2) is 29.6 Å². The average molecular weight is 337 g/mol. The van der Waals surface area contributed by atoms with Gasteiger partial charge in [-0.1, -0.05) is 67.1 Å². The molecule has 1 N–H and O–H groups in total. The molecule has 0 aromatic heterocycles. The molecule has 0 aliphatic carbocycles. The van der Waals surface area contributed by atoms with Gasteiger partial charge in [0.15, 0.2) is 5.60 Å². The highest BCUT2D eigenvalue weighted by Gasteiger charge is 2.29. The molecule has 2 aromatic rings. The van der Waals surface area contributed by atoms with Crippen molar-refractivity contribution in [3.8, 4) is 11.8 Å². The summed E-state index contributed by atoms with van der Waals surface area (Å²) >= 11 is 0.